The Kier molecular flexibility index (Phi) is 11.6. The van der Waals surface area contributed by atoms with Gasteiger partial charge in [-0.3, -0.25) is 0 Å². The monoisotopic (exact) mass is 536 g/mol. The lowest BCUT2D eigenvalue weighted by molar-refractivity contribution is 0.00378. The van der Waals surface area contributed by atoms with Gasteiger partial charge in [0.15, 0.2) is 0 Å². The van der Waals surface area contributed by atoms with Crippen molar-refractivity contribution in [2.45, 2.75) is 81.9 Å². The molecule has 0 spiro atoms. The molecule has 0 amide bonds. The Morgan fingerprint density at radius 1 is 0.778 bits per heavy atom. The van der Waals surface area contributed by atoms with E-state index in [1.54, 1.807) is 12.1 Å². The van der Waals surface area contributed by atoms with E-state index in [9.17, 15) is 22.4 Å². The van der Waals surface area contributed by atoms with Crippen LogP contribution < -0.4 is 9.47 Å². The molecular formula is C26H36N2O6S2. The number of unbranched alkanes of at least 4 members (excludes halogenated alkanes) is 6. The van der Waals surface area contributed by atoms with E-state index >= 15 is 0 Å². The molecule has 198 valence electrons. The van der Waals surface area contributed by atoms with Gasteiger partial charge < -0.3 is 15.0 Å². The van der Waals surface area contributed by atoms with Gasteiger partial charge in [0.1, 0.15) is 16.4 Å². The number of aryl methyl sites for hydroxylation is 1. The molecule has 0 aromatic heterocycles. The lowest BCUT2D eigenvalue weighted by atomic mass is 10.2. The Morgan fingerprint density at radius 3 is 1.94 bits per heavy atom. The maximum Gasteiger partial charge on any atom is 0.504 e. The summed E-state index contributed by atoms with van der Waals surface area (Å²) in [4.78, 5) is 2.08. The number of hydrogen-bond acceptors (Lipinski definition) is 6. The van der Waals surface area contributed by atoms with Crippen molar-refractivity contribution in [2.24, 2.45) is 0 Å². The molecule has 0 atom stereocenters. The first-order valence-electron chi connectivity index (χ1n) is 12.4. The molecule has 10 heteroatoms. The van der Waals surface area contributed by atoms with Crippen molar-refractivity contribution in [3.05, 3.63) is 53.6 Å². The average Bonchev–Trinajstić information content (AvgIpc) is 2.84. The summed E-state index contributed by atoms with van der Waals surface area (Å²) in [6.45, 7) is 6.36. The van der Waals surface area contributed by atoms with Crippen LogP contribution >= 0.6 is 0 Å². The molecule has 0 aliphatic rings. The van der Waals surface area contributed by atoms with Crippen LogP contribution in [-0.2, 0) is 19.7 Å². The van der Waals surface area contributed by atoms with Gasteiger partial charge in [0.05, 0.1) is 18.1 Å². The zero-order chi connectivity index (χ0) is 26.6. The minimum absolute atomic E-state index is 0.0223. The maximum absolute atomic E-state index is 13.6. The molecule has 8 nitrogen and oxygen atoms in total. The average molecular weight is 537 g/mol. The zero-order valence-electron chi connectivity index (χ0n) is 21.3. The Morgan fingerprint density at radius 2 is 1.36 bits per heavy atom. The van der Waals surface area contributed by atoms with E-state index in [2.05, 4.69) is 18.6 Å². The fourth-order valence-corrected chi connectivity index (χ4v) is 7.33. The lowest BCUT2D eigenvalue weighted by Gasteiger charge is -2.13. The number of benzene rings is 2. The predicted molar refractivity (Wildman–Crippen MR) is 140 cm³/mol. The highest BCUT2D eigenvalue weighted by Crippen LogP contribution is 2.32. The molecule has 0 aliphatic carbocycles. The summed E-state index contributed by atoms with van der Waals surface area (Å²) < 4.78 is 63.9. The Bertz CT molecular complexity index is 1270. The smallest absolute Gasteiger partial charge is 0.494 e. The van der Waals surface area contributed by atoms with E-state index in [1.807, 2.05) is 0 Å². The van der Waals surface area contributed by atoms with Crippen molar-refractivity contribution in [1.82, 2.24) is 0 Å². The molecule has 0 saturated carbocycles. The number of hydrogen-bond donors (Lipinski definition) is 0. The van der Waals surface area contributed by atoms with Gasteiger partial charge in [0.2, 0.25) is 0 Å². The Labute approximate surface area is 215 Å². The predicted octanol–water partition coefficient (Wildman–Crippen LogP) is 5.75. The minimum Gasteiger partial charge on any atom is -0.494 e. The SMILES string of the molecule is CCCCCCOc1ccc(OCCCCCC)c(S(=O)(=O)C(=[N+]=[N-])S(=O)(=O)c2ccccc2C)c1. The molecule has 2 rings (SSSR count). The van der Waals surface area contributed by atoms with E-state index in [-0.39, 0.29) is 23.0 Å². The van der Waals surface area contributed by atoms with Crippen LogP contribution in [0.5, 0.6) is 11.5 Å². The molecule has 0 heterocycles. The second-order valence-electron chi connectivity index (χ2n) is 8.57. The molecule has 0 fully saturated rings. The molecule has 0 N–H and O–H groups in total. The summed E-state index contributed by atoms with van der Waals surface area (Å²) in [5.74, 6) is 0.236. The molecular weight excluding hydrogens is 500 g/mol. The van der Waals surface area contributed by atoms with E-state index in [0.29, 0.717) is 18.6 Å². The first-order chi connectivity index (χ1) is 17.2. The molecule has 0 unspecified atom stereocenters. The van der Waals surface area contributed by atoms with Crippen molar-refractivity contribution in [3.63, 3.8) is 0 Å². The summed E-state index contributed by atoms with van der Waals surface area (Å²) in [5.41, 5.74) is 9.95. The molecule has 0 saturated heterocycles. The van der Waals surface area contributed by atoms with Crippen molar-refractivity contribution >= 4 is 24.1 Å². The van der Waals surface area contributed by atoms with Crippen LogP contribution in [0.3, 0.4) is 0 Å². The highest BCUT2D eigenvalue weighted by Gasteiger charge is 2.46. The third-order valence-electron chi connectivity index (χ3n) is 5.65. The summed E-state index contributed by atoms with van der Waals surface area (Å²) in [7, 11) is -9.47. The number of ether oxygens (including phenoxy) is 2. The van der Waals surface area contributed by atoms with Gasteiger partial charge >= 0.3 is 4.38 Å². The van der Waals surface area contributed by atoms with Crippen molar-refractivity contribution < 1.29 is 31.1 Å². The van der Waals surface area contributed by atoms with Gasteiger partial charge in [-0.25, -0.2) is 16.8 Å². The first kappa shape index (κ1) is 29.5. The topological polar surface area (TPSA) is 123 Å². The van der Waals surface area contributed by atoms with Crippen LogP contribution in [0.25, 0.3) is 5.53 Å². The third kappa shape index (κ3) is 7.66. The Balaban J connectivity index is 2.46. The molecule has 0 aliphatic heterocycles. The number of rotatable bonds is 14. The van der Waals surface area contributed by atoms with E-state index in [4.69, 9.17) is 9.47 Å². The molecule has 0 radical (unpaired) electrons. The van der Waals surface area contributed by atoms with Gasteiger partial charge in [-0.05, 0) is 43.5 Å². The molecule has 0 bridgehead atoms. The molecule has 2 aromatic rings. The van der Waals surface area contributed by atoms with Crippen LogP contribution in [0, 0.1) is 6.92 Å². The quantitative estimate of drug-likeness (QED) is 0.0996. The largest absolute Gasteiger partial charge is 0.504 e. The summed E-state index contributed by atoms with van der Waals surface area (Å²) >= 11 is 0. The van der Waals surface area contributed by atoms with Crippen molar-refractivity contribution in [3.8, 4) is 11.5 Å². The normalized spacial score (nSPS) is 11.6. The fraction of sp³-hybridized carbons (Fsp3) is 0.500. The van der Waals surface area contributed by atoms with E-state index in [1.165, 1.54) is 37.3 Å². The van der Waals surface area contributed by atoms with Crippen molar-refractivity contribution in [2.75, 3.05) is 13.2 Å². The highest BCUT2D eigenvalue weighted by atomic mass is 32.3. The number of sulfone groups is 2. The second kappa shape index (κ2) is 14.2. The van der Waals surface area contributed by atoms with Crippen LogP contribution in [0.2, 0.25) is 0 Å². The van der Waals surface area contributed by atoms with Crippen LogP contribution in [0.4, 0.5) is 0 Å². The van der Waals surface area contributed by atoms with Crippen LogP contribution in [-0.4, -0.2) is 39.2 Å². The summed E-state index contributed by atoms with van der Waals surface area (Å²) in [6.07, 6.45) is 7.62. The van der Waals surface area contributed by atoms with E-state index < -0.39 is 28.9 Å². The zero-order valence-corrected chi connectivity index (χ0v) is 22.9. The molecule has 2 aromatic carbocycles. The van der Waals surface area contributed by atoms with Gasteiger partial charge in [-0.15, -0.1) is 4.79 Å². The van der Waals surface area contributed by atoms with Gasteiger partial charge in [0.25, 0.3) is 19.7 Å². The molecule has 36 heavy (non-hydrogen) atoms. The van der Waals surface area contributed by atoms with Crippen LogP contribution in [0.1, 0.15) is 70.8 Å². The fourth-order valence-electron chi connectivity index (χ4n) is 3.64. The van der Waals surface area contributed by atoms with Crippen LogP contribution in [0.15, 0.2) is 52.3 Å². The van der Waals surface area contributed by atoms with Gasteiger partial charge in [-0.2, -0.15) is 0 Å². The Hall–Kier alpha value is -2.68. The summed E-state index contributed by atoms with van der Waals surface area (Å²) in [6, 6.07) is 10.2. The second-order valence-corrected chi connectivity index (χ2v) is 12.5. The van der Waals surface area contributed by atoms with Gasteiger partial charge in [-0.1, -0.05) is 70.6 Å². The lowest BCUT2D eigenvalue weighted by Crippen LogP contribution is -2.27. The van der Waals surface area contributed by atoms with Crippen molar-refractivity contribution in [1.29, 1.82) is 0 Å². The highest BCUT2D eigenvalue weighted by molar-refractivity contribution is 8.31. The minimum atomic E-state index is -4.81. The van der Waals surface area contributed by atoms with Gasteiger partial charge in [0, 0.05) is 6.07 Å². The standard InChI is InChI=1S/C26H36N2O6S2/c1-4-6-8-12-18-33-22-16-17-23(34-19-13-9-7-5-2)25(20-22)36(31,32)26(28-27)35(29,30)24-15-11-10-14-21(24)3/h10-11,14-17,20H,4-9,12-13,18-19H2,1-3H3. The van der Waals surface area contributed by atoms with E-state index in [0.717, 1.165) is 44.9 Å². The third-order valence-corrected chi connectivity index (χ3v) is 9.99. The maximum atomic E-state index is 13.6. The first-order valence-corrected chi connectivity index (χ1v) is 15.3. The number of nitrogens with zero attached hydrogens (tertiary/aromatic N) is 2. The summed E-state index contributed by atoms with van der Waals surface area (Å²) in [5, 5.41) is 0.